The van der Waals surface area contributed by atoms with Crippen molar-refractivity contribution in [2.75, 3.05) is 27.2 Å². The van der Waals surface area contributed by atoms with Crippen LogP contribution >= 0.6 is 0 Å². The lowest BCUT2D eigenvalue weighted by Gasteiger charge is -2.27. The molecule has 0 aromatic heterocycles. The maximum absolute atomic E-state index is 5.21. The zero-order chi connectivity index (χ0) is 17.4. The van der Waals surface area contributed by atoms with Gasteiger partial charge in [-0.25, -0.2) is 0 Å². The molecule has 1 saturated carbocycles. The van der Waals surface area contributed by atoms with Crippen molar-refractivity contribution in [3.63, 3.8) is 0 Å². The van der Waals surface area contributed by atoms with Crippen molar-refractivity contribution in [2.45, 2.75) is 92.6 Å². The van der Waals surface area contributed by atoms with Gasteiger partial charge in [0.25, 0.3) is 0 Å². The van der Waals surface area contributed by atoms with Crippen molar-refractivity contribution in [1.82, 2.24) is 4.90 Å². The molecule has 136 valence electrons. The van der Waals surface area contributed by atoms with Gasteiger partial charge in [0.15, 0.2) is 0 Å². The van der Waals surface area contributed by atoms with Crippen LogP contribution in [0, 0.1) is 11.8 Å². The zero-order valence-electron chi connectivity index (χ0n) is 17.0. The van der Waals surface area contributed by atoms with Gasteiger partial charge >= 0.3 is 0 Å². The number of nitrogens with zero attached hydrogens (tertiary/aromatic N) is 1. The van der Waals surface area contributed by atoms with Crippen LogP contribution in [0.15, 0.2) is 0 Å². The second-order valence-electron chi connectivity index (χ2n) is 6.38. The molecule has 0 bridgehead atoms. The van der Waals surface area contributed by atoms with Crippen LogP contribution < -0.4 is 0 Å². The van der Waals surface area contributed by atoms with E-state index in [1.165, 1.54) is 58.0 Å². The van der Waals surface area contributed by atoms with Crippen LogP contribution in [0.4, 0.5) is 0 Å². The monoisotopic (exact) mass is 315 g/mol. The number of methoxy groups -OCH3 is 1. The normalized spacial score (nSPS) is 20.0. The van der Waals surface area contributed by atoms with Crippen molar-refractivity contribution >= 4 is 0 Å². The van der Waals surface area contributed by atoms with Crippen molar-refractivity contribution in [1.29, 1.82) is 0 Å². The minimum absolute atomic E-state index is 0.529. The first-order chi connectivity index (χ1) is 10.6. The van der Waals surface area contributed by atoms with Crippen LogP contribution in [0.25, 0.3) is 0 Å². The van der Waals surface area contributed by atoms with E-state index < -0.39 is 0 Å². The lowest BCUT2D eigenvalue weighted by molar-refractivity contribution is 0.0484. The third-order valence-electron chi connectivity index (χ3n) is 4.59. The van der Waals surface area contributed by atoms with Crippen LogP contribution in [0.3, 0.4) is 0 Å². The fourth-order valence-electron chi connectivity index (χ4n) is 3.02. The van der Waals surface area contributed by atoms with Gasteiger partial charge in [-0.2, -0.15) is 0 Å². The quantitative estimate of drug-likeness (QED) is 0.619. The minimum Gasteiger partial charge on any atom is -0.381 e. The Balaban J connectivity index is 0. The second-order valence-corrected chi connectivity index (χ2v) is 6.38. The SMILES string of the molecule is CC.CC.CC(C)C1CCCCC1.COC1CCN(C)CC1. The molecule has 1 heterocycles. The van der Waals surface area contributed by atoms with E-state index in [0.29, 0.717) is 6.10 Å². The van der Waals surface area contributed by atoms with Crippen molar-refractivity contribution < 1.29 is 4.74 Å². The molecule has 2 rings (SSSR count). The molecule has 2 nitrogen and oxygen atoms in total. The predicted octanol–water partition coefficient (Wildman–Crippen LogP) is 6.00. The summed E-state index contributed by atoms with van der Waals surface area (Å²) in [7, 11) is 3.96. The summed E-state index contributed by atoms with van der Waals surface area (Å²) in [5, 5.41) is 0. The summed E-state index contributed by atoms with van der Waals surface area (Å²) in [4.78, 5) is 2.34. The van der Waals surface area contributed by atoms with Gasteiger partial charge in [-0.1, -0.05) is 73.6 Å². The first kappa shape index (κ1) is 24.2. The van der Waals surface area contributed by atoms with E-state index >= 15 is 0 Å². The van der Waals surface area contributed by atoms with E-state index in [-0.39, 0.29) is 0 Å². The smallest absolute Gasteiger partial charge is 0.0595 e. The van der Waals surface area contributed by atoms with Crippen LogP contribution in [0.2, 0.25) is 0 Å². The number of ether oxygens (including phenoxy) is 1. The average Bonchev–Trinajstić information content (AvgIpc) is 2.60. The molecular weight excluding hydrogens is 270 g/mol. The third-order valence-corrected chi connectivity index (χ3v) is 4.59. The number of hydrogen-bond acceptors (Lipinski definition) is 2. The van der Waals surface area contributed by atoms with Gasteiger partial charge in [-0.05, 0) is 31.7 Å². The van der Waals surface area contributed by atoms with Gasteiger partial charge in [0.2, 0.25) is 0 Å². The standard InChI is InChI=1S/C9H18.C7H15NO.2C2H6/c1-8(2)9-6-4-3-5-7-9;1-8-5-3-7(9-2)4-6-8;2*1-2/h8-9H,3-7H2,1-2H3;7H,3-6H2,1-2H3;2*1-2H3. The van der Waals surface area contributed by atoms with E-state index in [0.717, 1.165) is 11.8 Å². The Hall–Kier alpha value is -0.0800. The molecule has 0 aromatic carbocycles. The molecule has 0 unspecified atom stereocenters. The van der Waals surface area contributed by atoms with Crippen LogP contribution in [0.5, 0.6) is 0 Å². The molecule has 0 aromatic rings. The highest BCUT2D eigenvalue weighted by Gasteiger charge is 2.16. The lowest BCUT2D eigenvalue weighted by atomic mass is 9.82. The third kappa shape index (κ3) is 12.5. The largest absolute Gasteiger partial charge is 0.381 e. The van der Waals surface area contributed by atoms with Gasteiger partial charge < -0.3 is 9.64 Å². The highest BCUT2D eigenvalue weighted by atomic mass is 16.5. The Morgan fingerprint density at radius 2 is 1.27 bits per heavy atom. The summed E-state index contributed by atoms with van der Waals surface area (Å²) in [5.74, 6) is 1.99. The summed E-state index contributed by atoms with van der Waals surface area (Å²) >= 11 is 0. The molecule has 0 spiro atoms. The van der Waals surface area contributed by atoms with Gasteiger partial charge in [-0.15, -0.1) is 0 Å². The fourth-order valence-corrected chi connectivity index (χ4v) is 3.02. The highest BCUT2D eigenvalue weighted by Crippen LogP contribution is 2.29. The Morgan fingerprint density at radius 3 is 1.59 bits per heavy atom. The Morgan fingerprint density at radius 1 is 0.818 bits per heavy atom. The first-order valence-corrected chi connectivity index (χ1v) is 9.84. The molecule has 1 aliphatic heterocycles. The van der Waals surface area contributed by atoms with Crippen LogP contribution in [0.1, 0.15) is 86.5 Å². The van der Waals surface area contributed by atoms with E-state index in [9.17, 15) is 0 Å². The van der Waals surface area contributed by atoms with E-state index in [2.05, 4.69) is 25.8 Å². The number of likely N-dealkylation sites (tertiary alicyclic amines) is 1. The first-order valence-electron chi connectivity index (χ1n) is 9.84. The van der Waals surface area contributed by atoms with E-state index in [1.54, 1.807) is 7.11 Å². The van der Waals surface area contributed by atoms with Crippen LogP contribution in [-0.2, 0) is 4.74 Å². The number of hydrogen-bond donors (Lipinski definition) is 0. The van der Waals surface area contributed by atoms with Gasteiger partial charge in [0.05, 0.1) is 6.10 Å². The predicted molar refractivity (Wildman–Crippen MR) is 102 cm³/mol. The molecule has 22 heavy (non-hydrogen) atoms. The Labute approximate surface area is 142 Å². The van der Waals surface area contributed by atoms with E-state index in [1.807, 2.05) is 27.7 Å². The minimum atomic E-state index is 0.529. The summed E-state index contributed by atoms with van der Waals surface area (Å²) in [6, 6.07) is 0. The highest BCUT2D eigenvalue weighted by molar-refractivity contribution is 4.69. The molecule has 2 fully saturated rings. The van der Waals surface area contributed by atoms with Crippen molar-refractivity contribution in [3.8, 4) is 0 Å². The van der Waals surface area contributed by atoms with Crippen molar-refractivity contribution in [2.24, 2.45) is 11.8 Å². The molecule has 0 amide bonds. The van der Waals surface area contributed by atoms with Gasteiger partial charge in [-0.3, -0.25) is 0 Å². The molecule has 1 saturated heterocycles. The molecule has 2 heteroatoms. The maximum Gasteiger partial charge on any atom is 0.0595 e. The Bertz CT molecular complexity index is 192. The summed E-state index contributed by atoms with van der Waals surface area (Å²) < 4.78 is 5.21. The van der Waals surface area contributed by atoms with Crippen molar-refractivity contribution in [3.05, 3.63) is 0 Å². The molecule has 0 radical (unpaired) electrons. The average molecular weight is 316 g/mol. The Kier molecular flexibility index (Phi) is 19.0. The molecular formula is C20H45NO. The lowest BCUT2D eigenvalue weighted by Crippen LogP contribution is -2.33. The number of piperidine rings is 1. The fraction of sp³-hybridized carbons (Fsp3) is 1.00. The summed E-state index contributed by atoms with van der Waals surface area (Å²) in [6.45, 7) is 15.1. The van der Waals surface area contributed by atoms with E-state index in [4.69, 9.17) is 4.74 Å². The topological polar surface area (TPSA) is 12.5 Å². The van der Waals surface area contributed by atoms with Crippen LogP contribution in [-0.4, -0.2) is 38.3 Å². The molecule has 1 aliphatic carbocycles. The van der Waals surface area contributed by atoms with Gasteiger partial charge in [0, 0.05) is 20.2 Å². The maximum atomic E-state index is 5.21. The molecule has 0 atom stereocenters. The second kappa shape index (κ2) is 17.3. The summed E-state index contributed by atoms with van der Waals surface area (Å²) in [6.07, 6.45) is 10.4. The molecule has 0 N–H and O–H groups in total. The summed E-state index contributed by atoms with van der Waals surface area (Å²) in [5.41, 5.74) is 0. The number of rotatable bonds is 2. The van der Waals surface area contributed by atoms with Gasteiger partial charge in [0.1, 0.15) is 0 Å². The zero-order valence-corrected chi connectivity index (χ0v) is 17.0. The molecule has 2 aliphatic rings.